The fraction of sp³-hybridized carbons (Fsp3) is 0.355. The third-order valence-corrected chi connectivity index (χ3v) is 8.17. The van der Waals surface area contributed by atoms with Crippen molar-refractivity contribution in [2.24, 2.45) is 10.9 Å². The van der Waals surface area contributed by atoms with Gasteiger partial charge in [-0.05, 0) is 92.4 Å². The molecule has 39 heavy (non-hydrogen) atoms. The van der Waals surface area contributed by atoms with Gasteiger partial charge in [0.2, 0.25) is 0 Å². The van der Waals surface area contributed by atoms with Crippen LogP contribution in [0.25, 0.3) is 0 Å². The van der Waals surface area contributed by atoms with Crippen molar-refractivity contribution in [3.05, 3.63) is 101 Å². The topological polar surface area (TPSA) is 45.1 Å². The van der Waals surface area contributed by atoms with Crippen molar-refractivity contribution < 1.29 is 22.7 Å². The molecule has 202 valence electrons. The summed E-state index contributed by atoms with van der Waals surface area (Å²) in [6, 6.07) is 16.3. The van der Waals surface area contributed by atoms with Gasteiger partial charge in [0.05, 0.1) is 0 Å². The second-order valence-electron chi connectivity index (χ2n) is 10.7. The molecule has 3 aromatic carbocycles. The molecule has 0 N–H and O–H groups in total. The molecular weight excluding hydrogens is 503 g/mol. The van der Waals surface area contributed by atoms with Gasteiger partial charge in [-0.1, -0.05) is 24.3 Å². The standard InChI is InChI=1S/C31H30F3N3O2/c1-20-35-31(23-2-6-25(32)7-3-23,24-4-8-26(33)9-5-24)30(38)37(20)18-21-12-14-36(15-13-21)19-28-17-22-16-27(34)10-11-29(22)39-28/h2-11,16,21,28H,12-15,17-19H2,1H3. The first kappa shape index (κ1) is 25.6. The lowest BCUT2D eigenvalue weighted by Gasteiger charge is -2.35. The van der Waals surface area contributed by atoms with Gasteiger partial charge in [0.15, 0.2) is 5.54 Å². The van der Waals surface area contributed by atoms with E-state index in [2.05, 4.69) is 4.90 Å². The first-order valence-electron chi connectivity index (χ1n) is 13.4. The Balaban J connectivity index is 1.13. The van der Waals surface area contributed by atoms with E-state index in [1.54, 1.807) is 41.3 Å². The molecule has 3 aliphatic heterocycles. The molecule has 0 bridgehead atoms. The highest BCUT2D eigenvalue weighted by molar-refractivity contribution is 6.09. The van der Waals surface area contributed by atoms with E-state index >= 15 is 0 Å². The number of hydrogen-bond acceptors (Lipinski definition) is 4. The summed E-state index contributed by atoms with van der Waals surface area (Å²) in [7, 11) is 0. The summed E-state index contributed by atoms with van der Waals surface area (Å²) in [5.74, 6) is 0.416. The van der Waals surface area contributed by atoms with Crippen LogP contribution in [0, 0.1) is 23.4 Å². The molecule has 0 aliphatic carbocycles. The van der Waals surface area contributed by atoms with Crippen molar-refractivity contribution in [3.8, 4) is 5.75 Å². The number of halogens is 3. The molecule has 1 fully saturated rings. The van der Waals surface area contributed by atoms with Crippen LogP contribution in [0.5, 0.6) is 5.75 Å². The van der Waals surface area contributed by atoms with Crippen LogP contribution in [0.4, 0.5) is 13.2 Å². The van der Waals surface area contributed by atoms with E-state index in [1.165, 1.54) is 30.3 Å². The summed E-state index contributed by atoms with van der Waals surface area (Å²) >= 11 is 0. The molecule has 1 unspecified atom stereocenters. The van der Waals surface area contributed by atoms with Crippen LogP contribution in [0.15, 0.2) is 71.7 Å². The van der Waals surface area contributed by atoms with E-state index in [1.807, 2.05) is 6.92 Å². The Morgan fingerprint density at radius 3 is 2.08 bits per heavy atom. The van der Waals surface area contributed by atoms with Crippen LogP contribution in [-0.4, -0.2) is 53.8 Å². The quantitative estimate of drug-likeness (QED) is 0.431. The predicted octanol–water partition coefficient (Wildman–Crippen LogP) is 5.32. The van der Waals surface area contributed by atoms with Crippen molar-refractivity contribution in [2.75, 3.05) is 26.2 Å². The molecule has 0 radical (unpaired) electrons. The van der Waals surface area contributed by atoms with Gasteiger partial charge >= 0.3 is 0 Å². The fourth-order valence-corrected chi connectivity index (χ4v) is 6.12. The Hall–Kier alpha value is -3.65. The fourth-order valence-electron chi connectivity index (χ4n) is 6.12. The Kier molecular flexibility index (Phi) is 6.67. The van der Waals surface area contributed by atoms with Gasteiger partial charge in [-0.15, -0.1) is 0 Å². The van der Waals surface area contributed by atoms with E-state index in [0.29, 0.717) is 35.8 Å². The van der Waals surface area contributed by atoms with Gasteiger partial charge < -0.3 is 4.74 Å². The summed E-state index contributed by atoms with van der Waals surface area (Å²) < 4.78 is 47.1. The second kappa shape index (κ2) is 10.2. The zero-order chi connectivity index (χ0) is 27.1. The molecule has 0 saturated carbocycles. The first-order valence-corrected chi connectivity index (χ1v) is 13.4. The van der Waals surface area contributed by atoms with Crippen LogP contribution in [0.1, 0.15) is 36.5 Å². The molecule has 1 atom stereocenters. The average molecular weight is 534 g/mol. The van der Waals surface area contributed by atoms with Crippen molar-refractivity contribution >= 4 is 11.7 Å². The SMILES string of the molecule is CC1=NC(c2ccc(F)cc2)(c2ccc(F)cc2)C(=O)N1CC1CCN(CC2Cc3cc(F)ccc3O2)CC1. The number of nitrogens with zero attached hydrogens (tertiary/aromatic N) is 3. The lowest BCUT2D eigenvalue weighted by molar-refractivity contribution is -0.130. The van der Waals surface area contributed by atoms with E-state index in [0.717, 1.165) is 43.8 Å². The summed E-state index contributed by atoms with van der Waals surface area (Å²) in [6.45, 7) is 4.91. The number of aliphatic imine (C=N–C) groups is 1. The van der Waals surface area contributed by atoms with Gasteiger partial charge in [-0.3, -0.25) is 14.6 Å². The average Bonchev–Trinajstić information content (AvgIpc) is 3.43. The molecule has 8 heteroatoms. The molecular formula is C31H30F3N3O2. The van der Waals surface area contributed by atoms with Crippen LogP contribution >= 0.6 is 0 Å². The van der Waals surface area contributed by atoms with Gasteiger partial charge in [0.1, 0.15) is 35.1 Å². The number of benzene rings is 3. The Morgan fingerprint density at radius 1 is 0.872 bits per heavy atom. The monoisotopic (exact) mass is 533 g/mol. The third-order valence-electron chi connectivity index (χ3n) is 8.17. The zero-order valence-electron chi connectivity index (χ0n) is 21.7. The molecule has 3 heterocycles. The summed E-state index contributed by atoms with van der Waals surface area (Å²) in [6.07, 6.45) is 2.57. The second-order valence-corrected chi connectivity index (χ2v) is 10.7. The van der Waals surface area contributed by atoms with Crippen molar-refractivity contribution in [1.82, 2.24) is 9.80 Å². The largest absolute Gasteiger partial charge is 0.488 e. The zero-order valence-corrected chi connectivity index (χ0v) is 21.7. The minimum Gasteiger partial charge on any atom is -0.488 e. The Morgan fingerprint density at radius 2 is 1.46 bits per heavy atom. The van der Waals surface area contributed by atoms with Gasteiger partial charge in [0.25, 0.3) is 5.91 Å². The highest BCUT2D eigenvalue weighted by atomic mass is 19.1. The van der Waals surface area contributed by atoms with E-state index in [4.69, 9.17) is 9.73 Å². The summed E-state index contributed by atoms with van der Waals surface area (Å²) in [4.78, 5) is 23.0. The number of fused-ring (bicyclic) bond motifs is 1. The number of hydrogen-bond donors (Lipinski definition) is 0. The molecule has 3 aromatic rings. The summed E-state index contributed by atoms with van der Waals surface area (Å²) in [5.41, 5.74) is 0.646. The molecule has 6 rings (SSSR count). The smallest absolute Gasteiger partial charge is 0.265 e. The summed E-state index contributed by atoms with van der Waals surface area (Å²) in [5, 5.41) is 0. The highest BCUT2D eigenvalue weighted by Crippen LogP contribution is 2.41. The number of ether oxygens (including phenoxy) is 1. The number of carbonyl (C=O) groups is 1. The first-order chi connectivity index (χ1) is 18.8. The third kappa shape index (κ3) is 4.82. The molecule has 1 amide bonds. The number of amides is 1. The maximum Gasteiger partial charge on any atom is 0.265 e. The number of amidine groups is 1. The Bertz CT molecular complexity index is 1350. The van der Waals surface area contributed by atoms with Crippen LogP contribution in [-0.2, 0) is 16.8 Å². The lowest BCUT2D eigenvalue weighted by Crippen LogP contribution is -2.46. The number of rotatable bonds is 6. The molecule has 1 saturated heterocycles. The minimum absolute atomic E-state index is 0.0138. The number of carbonyl (C=O) groups excluding carboxylic acids is 1. The Labute approximate surface area is 225 Å². The lowest BCUT2D eigenvalue weighted by atomic mass is 9.82. The molecule has 3 aliphatic rings. The molecule has 5 nitrogen and oxygen atoms in total. The van der Waals surface area contributed by atoms with Crippen LogP contribution < -0.4 is 4.74 Å². The van der Waals surface area contributed by atoms with Crippen molar-refractivity contribution in [1.29, 1.82) is 0 Å². The van der Waals surface area contributed by atoms with Gasteiger partial charge in [0, 0.05) is 25.1 Å². The van der Waals surface area contributed by atoms with E-state index < -0.39 is 17.2 Å². The highest BCUT2D eigenvalue weighted by Gasteiger charge is 2.50. The maximum atomic E-state index is 14.1. The van der Waals surface area contributed by atoms with Crippen LogP contribution in [0.3, 0.4) is 0 Å². The van der Waals surface area contributed by atoms with Gasteiger partial charge in [-0.2, -0.15) is 0 Å². The molecule has 0 spiro atoms. The van der Waals surface area contributed by atoms with E-state index in [9.17, 15) is 18.0 Å². The normalized spacial score (nSPS) is 21.1. The van der Waals surface area contributed by atoms with Crippen molar-refractivity contribution in [3.63, 3.8) is 0 Å². The maximum absolute atomic E-state index is 14.1. The molecule has 0 aromatic heterocycles. The number of piperidine rings is 1. The van der Waals surface area contributed by atoms with Crippen molar-refractivity contribution in [2.45, 2.75) is 37.8 Å². The number of likely N-dealkylation sites (tertiary alicyclic amines) is 1. The predicted molar refractivity (Wildman–Crippen MR) is 142 cm³/mol. The minimum atomic E-state index is -1.37. The van der Waals surface area contributed by atoms with Gasteiger partial charge in [-0.25, -0.2) is 18.2 Å². The van der Waals surface area contributed by atoms with E-state index in [-0.39, 0.29) is 17.8 Å². The van der Waals surface area contributed by atoms with Crippen LogP contribution in [0.2, 0.25) is 0 Å².